The molecule has 2 amide bonds. The van der Waals surface area contributed by atoms with E-state index in [1.54, 1.807) is 24.3 Å². The predicted octanol–water partition coefficient (Wildman–Crippen LogP) is 3.62. The van der Waals surface area contributed by atoms with Crippen molar-refractivity contribution in [2.45, 2.75) is 57.0 Å². The van der Waals surface area contributed by atoms with E-state index in [1.807, 2.05) is 0 Å². The number of carbonyl (C=O) groups is 2. The highest BCUT2D eigenvalue weighted by Crippen LogP contribution is 2.17. The number of nitrogens with zero attached hydrogens (tertiary/aromatic N) is 1. The van der Waals surface area contributed by atoms with E-state index < -0.39 is 0 Å². The summed E-state index contributed by atoms with van der Waals surface area (Å²) in [6.45, 7) is 2.07. The number of amides is 2. The second-order valence-electron chi connectivity index (χ2n) is 7.43. The number of nitrogens with one attached hydrogen (secondary N) is 2. The van der Waals surface area contributed by atoms with E-state index in [4.69, 9.17) is 11.6 Å². The van der Waals surface area contributed by atoms with Crippen LogP contribution in [0, 0.1) is 0 Å². The van der Waals surface area contributed by atoms with Crippen molar-refractivity contribution in [3.05, 3.63) is 34.9 Å². The Morgan fingerprint density at radius 3 is 2.12 bits per heavy atom. The minimum Gasteiger partial charge on any atom is -0.335 e. The molecule has 2 aliphatic rings. The Hall–Kier alpha value is -1.59. The lowest BCUT2D eigenvalue weighted by atomic mass is 9.96. The molecule has 0 spiro atoms. The fourth-order valence-corrected chi connectivity index (χ4v) is 3.95. The molecule has 26 heavy (non-hydrogen) atoms. The van der Waals surface area contributed by atoms with Crippen molar-refractivity contribution < 1.29 is 9.59 Å². The molecule has 0 unspecified atom stereocenters. The number of benzene rings is 1. The Balaban J connectivity index is 1.37. The SMILES string of the molecule is O=C(NC1CCCCC1)NC1CCN(CC(=O)c2ccc(Cl)cc2)CC1. The van der Waals surface area contributed by atoms with Crippen molar-refractivity contribution in [1.82, 2.24) is 15.5 Å². The normalized spacial score (nSPS) is 19.9. The maximum atomic E-state index is 12.3. The topological polar surface area (TPSA) is 61.4 Å². The van der Waals surface area contributed by atoms with Crippen LogP contribution >= 0.6 is 11.6 Å². The summed E-state index contributed by atoms with van der Waals surface area (Å²) in [6, 6.07) is 7.53. The fourth-order valence-electron chi connectivity index (χ4n) is 3.82. The summed E-state index contributed by atoms with van der Waals surface area (Å²) < 4.78 is 0. The molecule has 6 heteroatoms. The first-order valence-corrected chi connectivity index (χ1v) is 10.1. The molecule has 1 aliphatic heterocycles. The van der Waals surface area contributed by atoms with E-state index in [0.717, 1.165) is 38.8 Å². The van der Waals surface area contributed by atoms with Gasteiger partial charge in [0.25, 0.3) is 0 Å². The van der Waals surface area contributed by atoms with Crippen molar-refractivity contribution in [1.29, 1.82) is 0 Å². The highest BCUT2D eigenvalue weighted by molar-refractivity contribution is 6.30. The zero-order valence-corrected chi connectivity index (χ0v) is 15.9. The Labute approximate surface area is 160 Å². The van der Waals surface area contributed by atoms with Crippen LogP contribution in [0.5, 0.6) is 0 Å². The average molecular weight is 378 g/mol. The van der Waals surface area contributed by atoms with Crippen LogP contribution < -0.4 is 10.6 Å². The average Bonchev–Trinajstić information content (AvgIpc) is 2.64. The van der Waals surface area contributed by atoms with Gasteiger partial charge in [0.05, 0.1) is 6.54 Å². The molecule has 0 radical (unpaired) electrons. The van der Waals surface area contributed by atoms with E-state index in [0.29, 0.717) is 23.2 Å². The van der Waals surface area contributed by atoms with E-state index >= 15 is 0 Å². The lowest BCUT2D eigenvalue weighted by molar-refractivity contribution is 0.0905. The molecular weight excluding hydrogens is 350 g/mol. The van der Waals surface area contributed by atoms with Gasteiger partial charge in [0.1, 0.15) is 0 Å². The quantitative estimate of drug-likeness (QED) is 0.770. The van der Waals surface area contributed by atoms with Gasteiger partial charge in [-0.2, -0.15) is 0 Å². The lowest BCUT2D eigenvalue weighted by Gasteiger charge is -2.32. The van der Waals surface area contributed by atoms with Gasteiger partial charge < -0.3 is 10.6 Å². The molecule has 3 rings (SSSR count). The molecule has 1 heterocycles. The standard InChI is InChI=1S/C20H28ClN3O2/c21-16-8-6-15(7-9-16)19(25)14-24-12-10-18(11-13-24)23-20(26)22-17-4-2-1-3-5-17/h6-9,17-18H,1-5,10-14H2,(H2,22,23,26). The third-order valence-electron chi connectivity index (χ3n) is 5.40. The number of likely N-dealkylation sites (tertiary alicyclic amines) is 1. The number of carbonyl (C=O) groups excluding carboxylic acids is 2. The molecule has 0 bridgehead atoms. The number of hydrogen-bond acceptors (Lipinski definition) is 3. The maximum Gasteiger partial charge on any atom is 0.315 e. The van der Waals surface area contributed by atoms with Gasteiger partial charge >= 0.3 is 6.03 Å². The molecule has 1 saturated carbocycles. The zero-order chi connectivity index (χ0) is 18.4. The Kier molecular flexibility index (Phi) is 6.92. The molecule has 2 N–H and O–H groups in total. The number of halogens is 1. The third kappa shape index (κ3) is 5.71. The van der Waals surface area contributed by atoms with Gasteiger partial charge in [-0.25, -0.2) is 4.79 Å². The van der Waals surface area contributed by atoms with Crippen molar-refractivity contribution in [2.75, 3.05) is 19.6 Å². The summed E-state index contributed by atoms with van der Waals surface area (Å²) in [7, 11) is 0. The van der Waals surface area contributed by atoms with Gasteiger partial charge in [-0.3, -0.25) is 9.69 Å². The Bertz CT molecular complexity index is 606. The summed E-state index contributed by atoms with van der Waals surface area (Å²) >= 11 is 5.87. The number of Topliss-reactive ketones (excluding diaryl/α,β-unsaturated/α-hetero) is 1. The molecule has 2 fully saturated rings. The highest BCUT2D eigenvalue weighted by atomic mass is 35.5. The number of piperidine rings is 1. The predicted molar refractivity (Wildman–Crippen MR) is 104 cm³/mol. The van der Waals surface area contributed by atoms with Crippen molar-refractivity contribution in [2.24, 2.45) is 0 Å². The van der Waals surface area contributed by atoms with E-state index in [2.05, 4.69) is 15.5 Å². The molecule has 1 aromatic rings. The molecular formula is C20H28ClN3O2. The Morgan fingerprint density at radius 1 is 0.923 bits per heavy atom. The number of urea groups is 1. The summed E-state index contributed by atoms with van der Waals surface area (Å²) in [5.74, 6) is 0.114. The van der Waals surface area contributed by atoms with Crippen LogP contribution in [0.1, 0.15) is 55.3 Å². The molecule has 1 saturated heterocycles. The van der Waals surface area contributed by atoms with Gasteiger partial charge in [-0.05, 0) is 49.9 Å². The molecule has 0 aromatic heterocycles. The highest BCUT2D eigenvalue weighted by Gasteiger charge is 2.23. The molecule has 0 atom stereocenters. The van der Waals surface area contributed by atoms with Gasteiger partial charge in [-0.15, -0.1) is 0 Å². The first-order chi connectivity index (χ1) is 12.6. The summed E-state index contributed by atoms with van der Waals surface area (Å²) in [6.07, 6.45) is 7.66. The van der Waals surface area contributed by atoms with E-state index in [-0.39, 0.29) is 17.9 Å². The molecule has 1 aliphatic carbocycles. The first-order valence-electron chi connectivity index (χ1n) is 9.68. The number of ketones is 1. The van der Waals surface area contributed by atoms with Crippen LogP contribution in [0.15, 0.2) is 24.3 Å². The first kappa shape index (κ1) is 19.2. The van der Waals surface area contributed by atoms with Crippen LogP contribution in [0.25, 0.3) is 0 Å². The van der Waals surface area contributed by atoms with Gasteiger partial charge in [0.15, 0.2) is 5.78 Å². The summed E-state index contributed by atoms with van der Waals surface area (Å²) in [4.78, 5) is 26.7. The van der Waals surface area contributed by atoms with Crippen LogP contribution in [-0.2, 0) is 0 Å². The second kappa shape index (κ2) is 9.38. The summed E-state index contributed by atoms with van der Waals surface area (Å²) in [5, 5.41) is 6.85. The van der Waals surface area contributed by atoms with Crippen molar-refractivity contribution in [3.8, 4) is 0 Å². The second-order valence-corrected chi connectivity index (χ2v) is 7.87. The molecule has 142 valence electrons. The Morgan fingerprint density at radius 2 is 1.50 bits per heavy atom. The van der Waals surface area contributed by atoms with E-state index in [9.17, 15) is 9.59 Å². The van der Waals surface area contributed by atoms with Crippen LogP contribution in [0.4, 0.5) is 4.79 Å². The smallest absolute Gasteiger partial charge is 0.315 e. The third-order valence-corrected chi connectivity index (χ3v) is 5.65. The zero-order valence-electron chi connectivity index (χ0n) is 15.2. The number of rotatable bonds is 5. The summed E-state index contributed by atoms with van der Waals surface area (Å²) in [5.41, 5.74) is 0.696. The maximum absolute atomic E-state index is 12.3. The van der Waals surface area contributed by atoms with Crippen molar-refractivity contribution >= 4 is 23.4 Å². The minimum absolute atomic E-state index is 0.0346. The minimum atomic E-state index is -0.0346. The molecule has 1 aromatic carbocycles. The van der Waals surface area contributed by atoms with Gasteiger partial charge in [0.2, 0.25) is 0 Å². The van der Waals surface area contributed by atoms with Crippen LogP contribution in [-0.4, -0.2) is 48.4 Å². The largest absolute Gasteiger partial charge is 0.335 e. The van der Waals surface area contributed by atoms with E-state index in [1.165, 1.54) is 19.3 Å². The molecule has 5 nitrogen and oxygen atoms in total. The van der Waals surface area contributed by atoms with Gasteiger partial charge in [0, 0.05) is 35.8 Å². The fraction of sp³-hybridized carbons (Fsp3) is 0.600. The van der Waals surface area contributed by atoms with Crippen LogP contribution in [0.2, 0.25) is 5.02 Å². The lowest BCUT2D eigenvalue weighted by Crippen LogP contribution is -2.50. The van der Waals surface area contributed by atoms with Crippen molar-refractivity contribution in [3.63, 3.8) is 0 Å². The number of hydrogen-bond donors (Lipinski definition) is 2. The monoisotopic (exact) mass is 377 g/mol. The van der Waals surface area contributed by atoms with Gasteiger partial charge in [-0.1, -0.05) is 30.9 Å². The van der Waals surface area contributed by atoms with Crippen LogP contribution in [0.3, 0.4) is 0 Å².